The Hall–Kier alpha value is -0.830. The minimum Gasteiger partial charge on any atom is -0.344 e. The molecule has 1 rings (SSSR count). The van der Waals surface area contributed by atoms with Crippen LogP contribution in [0.1, 0.15) is 81.6 Å². The maximum Gasteiger partial charge on any atom is 0.268 e. The minimum absolute atomic E-state index is 0.445. The number of carbonyl (C=O) groups is 1. The molecule has 0 radical (unpaired) electrons. The van der Waals surface area contributed by atoms with Crippen molar-refractivity contribution in [3.63, 3.8) is 0 Å². The molecule has 0 saturated carbocycles. The molecule has 1 aromatic heterocycles. The average molecular weight is 330 g/mol. The molecule has 0 fully saturated rings. The fraction of sp³-hybridized carbons (Fsp3) is 0.722. The lowest BCUT2D eigenvalue weighted by molar-refractivity contribution is 0.107. The molecular formula is C18H29ClFNO. The second-order valence-electron chi connectivity index (χ2n) is 6.01. The van der Waals surface area contributed by atoms with Gasteiger partial charge in [0.2, 0.25) is 0 Å². The second-order valence-corrected chi connectivity index (χ2v) is 6.35. The first-order chi connectivity index (χ1) is 10.6. The summed E-state index contributed by atoms with van der Waals surface area (Å²) in [7, 11) is 0. The quantitative estimate of drug-likeness (QED) is 0.315. The zero-order chi connectivity index (χ0) is 16.2. The van der Waals surface area contributed by atoms with E-state index in [1.54, 1.807) is 22.9 Å². The molecule has 1 heterocycles. The van der Waals surface area contributed by atoms with Crippen LogP contribution in [0.25, 0.3) is 0 Å². The Morgan fingerprint density at radius 1 is 1.14 bits per heavy atom. The molecule has 0 amide bonds. The third-order valence-corrected chi connectivity index (χ3v) is 4.28. The number of carbonyl (C=O) groups excluding carboxylic acids is 1. The van der Waals surface area contributed by atoms with Gasteiger partial charge in [0.1, 0.15) is 11.9 Å². The van der Waals surface area contributed by atoms with Gasteiger partial charge >= 0.3 is 0 Å². The molecule has 0 saturated heterocycles. The molecule has 0 N–H and O–H groups in total. The number of hydrogen-bond acceptors (Lipinski definition) is 1. The number of rotatable bonds is 13. The molecule has 1 unspecified atom stereocenters. The molecule has 0 aromatic carbocycles. The predicted molar refractivity (Wildman–Crippen MR) is 91.4 cm³/mol. The van der Waals surface area contributed by atoms with Crippen molar-refractivity contribution >= 4 is 16.8 Å². The molecule has 0 spiro atoms. The summed E-state index contributed by atoms with van der Waals surface area (Å²) in [6.45, 7) is 2.74. The van der Waals surface area contributed by atoms with E-state index in [1.165, 1.54) is 38.5 Å². The normalized spacial score (nSPS) is 12.5. The number of hydrogen-bond donors (Lipinski definition) is 0. The minimum atomic E-state index is -0.791. The number of aryl methyl sites for hydroxylation is 1. The summed E-state index contributed by atoms with van der Waals surface area (Å²) in [5, 5.41) is -0.483. The average Bonchev–Trinajstić information content (AvgIpc) is 2.96. The molecule has 4 heteroatoms. The van der Waals surface area contributed by atoms with Gasteiger partial charge < -0.3 is 4.57 Å². The van der Waals surface area contributed by atoms with Crippen LogP contribution < -0.4 is 0 Å². The van der Waals surface area contributed by atoms with Gasteiger partial charge in [0, 0.05) is 12.7 Å². The van der Waals surface area contributed by atoms with Crippen LogP contribution in [0.3, 0.4) is 0 Å². The van der Waals surface area contributed by atoms with Crippen molar-refractivity contribution in [2.75, 3.05) is 0 Å². The van der Waals surface area contributed by atoms with Crippen LogP contribution in [0.2, 0.25) is 0 Å². The molecule has 126 valence electrons. The van der Waals surface area contributed by atoms with Crippen LogP contribution in [0.15, 0.2) is 18.3 Å². The topological polar surface area (TPSA) is 22.0 Å². The van der Waals surface area contributed by atoms with Crippen LogP contribution in [-0.2, 0) is 6.54 Å². The fourth-order valence-corrected chi connectivity index (χ4v) is 2.88. The molecule has 1 aromatic rings. The highest BCUT2D eigenvalue weighted by molar-refractivity contribution is 6.67. The Bertz CT molecular complexity index is 419. The summed E-state index contributed by atoms with van der Waals surface area (Å²) in [4.78, 5) is 11.2. The van der Waals surface area contributed by atoms with Gasteiger partial charge in [-0.1, -0.05) is 58.3 Å². The van der Waals surface area contributed by atoms with E-state index >= 15 is 0 Å². The number of aromatic nitrogens is 1. The predicted octanol–water partition coefficient (Wildman–Crippen LogP) is 6.13. The third-order valence-electron chi connectivity index (χ3n) is 4.09. The number of alkyl halides is 1. The lowest BCUT2D eigenvalue weighted by Gasteiger charge is -2.10. The zero-order valence-electron chi connectivity index (χ0n) is 13.7. The van der Waals surface area contributed by atoms with Crippen molar-refractivity contribution in [3.05, 3.63) is 24.0 Å². The fourth-order valence-electron chi connectivity index (χ4n) is 2.71. The van der Waals surface area contributed by atoms with E-state index in [-0.39, 0.29) is 0 Å². The lowest BCUT2D eigenvalue weighted by atomic mass is 10.1. The van der Waals surface area contributed by atoms with E-state index < -0.39 is 11.4 Å². The summed E-state index contributed by atoms with van der Waals surface area (Å²) >= 11 is 5.48. The van der Waals surface area contributed by atoms with Crippen molar-refractivity contribution in [2.45, 2.75) is 83.8 Å². The molecular weight excluding hydrogens is 301 g/mol. The second kappa shape index (κ2) is 11.7. The molecule has 0 aliphatic rings. The molecule has 0 aliphatic heterocycles. The Balaban J connectivity index is 2.05. The maximum atomic E-state index is 13.9. The van der Waals surface area contributed by atoms with Crippen LogP contribution in [0.4, 0.5) is 4.39 Å². The van der Waals surface area contributed by atoms with Crippen molar-refractivity contribution in [1.29, 1.82) is 0 Å². The van der Waals surface area contributed by atoms with E-state index in [2.05, 4.69) is 6.92 Å². The van der Waals surface area contributed by atoms with E-state index in [9.17, 15) is 9.18 Å². The van der Waals surface area contributed by atoms with Gasteiger partial charge in [0.25, 0.3) is 5.24 Å². The van der Waals surface area contributed by atoms with Crippen molar-refractivity contribution < 1.29 is 9.18 Å². The first kappa shape index (κ1) is 19.2. The summed E-state index contributed by atoms with van der Waals surface area (Å²) in [5.41, 5.74) is 0.445. The summed E-state index contributed by atoms with van der Waals surface area (Å²) < 4.78 is 15.6. The van der Waals surface area contributed by atoms with Crippen LogP contribution in [-0.4, -0.2) is 16.0 Å². The summed E-state index contributed by atoms with van der Waals surface area (Å²) in [6.07, 6.45) is 11.9. The van der Waals surface area contributed by atoms with Gasteiger partial charge in [0.15, 0.2) is 0 Å². The maximum absolute atomic E-state index is 13.9. The summed E-state index contributed by atoms with van der Waals surface area (Å²) in [6, 6.07) is 3.43. The highest BCUT2D eigenvalue weighted by atomic mass is 35.5. The van der Waals surface area contributed by atoms with Gasteiger partial charge in [-0.3, -0.25) is 4.79 Å². The Morgan fingerprint density at radius 2 is 1.77 bits per heavy atom. The highest BCUT2D eigenvalue weighted by Crippen LogP contribution is 2.15. The molecule has 22 heavy (non-hydrogen) atoms. The summed E-state index contributed by atoms with van der Waals surface area (Å²) in [5.74, 6) is 0. The first-order valence-electron chi connectivity index (χ1n) is 8.64. The Kier molecular flexibility index (Phi) is 10.2. The van der Waals surface area contributed by atoms with Gasteiger partial charge in [-0.2, -0.15) is 0 Å². The molecule has 0 bridgehead atoms. The van der Waals surface area contributed by atoms with Gasteiger partial charge in [-0.25, -0.2) is 4.39 Å². The standard InChI is InChI=1S/C18H29ClFNO/c1-2-3-4-5-6-7-8-9-11-16(20)13-15-21-14-10-12-17(21)18(19)22/h10,12,14,16H,2-9,11,13,15H2,1H3. The highest BCUT2D eigenvalue weighted by Gasteiger charge is 2.10. The van der Waals surface area contributed by atoms with Crippen molar-refractivity contribution in [3.8, 4) is 0 Å². The third kappa shape index (κ3) is 7.98. The first-order valence-corrected chi connectivity index (χ1v) is 9.02. The Labute approximate surface area is 139 Å². The van der Waals surface area contributed by atoms with Gasteiger partial charge in [0.05, 0.1) is 0 Å². The van der Waals surface area contributed by atoms with E-state index in [4.69, 9.17) is 11.6 Å². The SMILES string of the molecule is CCCCCCCCCCC(F)CCn1cccc1C(=O)Cl. The van der Waals surface area contributed by atoms with Gasteiger partial charge in [-0.15, -0.1) is 0 Å². The molecule has 0 aliphatic carbocycles. The largest absolute Gasteiger partial charge is 0.344 e. The van der Waals surface area contributed by atoms with Crippen LogP contribution in [0, 0.1) is 0 Å². The van der Waals surface area contributed by atoms with Gasteiger partial charge in [-0.05, 0) is 36.6 Å². The van der Waals surface area contributed by atoms with Crippen LogP contribution in [0.5, 0.6) is 0 Å². The zero-order valence-corrected chi connectivity index (χ0v) is 14.5. The van der Waals surface area contributed by atoms with Crippen LogP contribution >= 0.6 is 11.6 Å². The van der Waals surface area contributed by atoms with Crippen molar-refractivity contribution in [2.24, 2.45) is 0 Å². The van der Waals surface area contributed by atoms with Crippen molar-refractivity contribution in [1.82, 2.24) is 4.57 Å². The molecule has 1 atom stereocenters. The number of nitrogens with zero attached hydrogens (tertiary/aromatic N) is 1. The number of halogens is 2. The monoisotopic (exact) mass is 329 g/mol. The smallest absolute Gasteiger partial charge is 0.268 e. The van der Waals surface area contributed by atoms with E-state index in [0.717, 1.165) is 12.8 Å². The van der Waals surface area contributed by atoms with E-state index in [0.29, 0.717) is 25.1 Å². The number of unbranched alkanes of at least 4 members (excludes halogenated alkanes) is 7. The Morgan fingerprint density at radius 3 is 2.41 bits per heavy atom. The molecule has 2 nitrogen and oxygen atoms in total. The van der Waals surface area contributed by atoms with E-state index in [1.807, 2.05) is 0 Å². The lowest BCUT2D eigenvalue weighted by Crippen LogP contribution is -2.09.